The largest absolute Gasteiger partial charge is 0.490 e. The molecular weight excluding hydrogens is 320 g/mol. The Bertz CT molecular complexity index is 680. The van der Waals surface area contributed by atoms with Crippen molar-refractivity contribution in [3.63, 3.8) is 0 Å². The Kier molecular flexibility index (Phi) is 5.41. The molecule has 0 unspecified atom stereocenters. The highest BCUT2D eigenvalue weighted by molar-refractivity contribution is 8.26. The summed E-state index contributed by atoms with van der Waals surface area (Å²) >= 11 is 6.37. The van der Waals surface area contributed by atoms with Crippen LogP contribution in [-0.4, -0.2) is 35.4 Å². The minimum Gasteiger partial charge on any atom is -0.490 e. The maximum absolute atomic E-state index is 12.0. The highest BCUT2D eigenvalue weighted by atomic mass is 32.2. The van der Waals surface area contributed by atoms with Gasteiger partial charge in [-0.1, -0.05) is 30.0 Å². The molecule has 0 aliphatic carbocycles. The normalized spacial score (nSPS) is 16.0. The van der Waals surface area contributed by atoms with Crippen molar-refractivity contribution in [3.05, 3.63) is 28.7 Å². The zero-order valence-corrected chi connectivity index (χ0v) is 13.8. The lowest BCUT2D eigenvalue weighted by Gasteiger charge is -2.10. The predicted octanol–water partition coefficient (Wildman–Crippen LogP) is 2.82. The lowest BCUT2D eigenvalue weighted by atomic mass is 10.2. The number of ether oxygens (including phenoxy) is 2. The van der Waals surface area contributed by atoms with Crippen LogP contribution in [0.2, 0.25) is 0 Å². The second-order valence-corrected chi connectivity index (χ2v) is 6.00. The SMILES string of the molecule is CCOc1cc(/C=C2/SC(=S)N(C)C2=O)ccc1OCC#N. The fourth-order valence-corrected chi connectivity index (χ4v) is 2.99. The molecule has 1 heterocycles. The Morgan fingerprint density at radius 2 is 2.18 bits per heavy atom. The minimum absolute atomic E-state index is 0.0477. The van der Waals surface area contributed by atoms with E-state index in [0.717, 1.165) is 5.56 Å². The van der Waals surface area contributed by atoms with E-state index in [0.29, 0.717) is 27.3 Å². The quantitative estimate of drug-likeness (QED) is 0.609. The number of benzene rings is 1. The Balaban J connectivity index is 2.29. The first kappa shape index (κ1) is 16.3. The second-order valence-electron chi connectivity index (χ2n) is 4.33. The number of thioether (sulfide) groups is 1. The van der Waals surface area contributed by atoms with Crippen molar-refractivity contribution >= 4 is 40.3 Å². The van der Waals surface area contributed by atoms with E-state index < -0.39 is 0 Å². The molecule has 0 N–H and O–H groups in total. The number of rotatable bonds is 5. The number of amides is 1. The first-order chi connectivity index (χ1) is 10.6. The lowest BCUT2D eigenvalue weighted by molar-refractivity contribution is -0.121. The van der Waals surface area contributed by atoms with Gasteiger partial charge >= 0.3 is 0 Å². The van der Waals surface area contributed by atoms with Gasteiger partial charge in [0.15, 0.2) is 18.1 Å². The highest BCUT2D eigenvalue weighted by Gasteiger charge is 2.28. The summed E-state index contributed by atoms with van der Waals surface area (Å²) in [5.41, 5.74) is 0.807. The molecule has 1 aromatic carbocycles. The first-order valence-corrected chi connectivity index (χ1v) is 7.77. The number of carbonyl (C=O) groups excluding carboxylic acids is 1. The van der Waals surface area contributed by atoms with Crippen molar-refractivity contribution in [1.29, 1.82) is 5.26 Å². The number of likely N-dealkylation sites (N-methyl/N-ethyl adjacent to an activating group) is 1. The molecule has 0 atom stereocenters. The molecular formula is C15H14N2O3S2. The van der Waals surface area contributed by atoms with Crippen LogP contribution in [0.3, 0.4) is 0 Å². The molecule has 0 radical (unpaired) electrons. The molecule has 22 heavy (non-hydrogen) atoms. The highest BCUT2D eigenvalue weighted by Crippen LogP contribution is 2.34. The van der Waals surface area contributed by atoms with Crippen LogP contribution in [0.4, 0.5) is 0 Å². The molecule has 0 saturated carbocycles. The summed E-state index contributed by atoms with van der Waals surface area (Å²) in [5, 5.41) is 8.59. The number of hydrogen-bond acceptors (Lipinski definition) is 6. The van der Waals surface area contributed by atoms with Gasteiger partial charge < -0.3 is 9.47 Å². The van der Waals surface area contributed by atoms with E-state index in [-0.39, 0.29) is 12.5 Å². The molecule has 1 aromatic rings. The summed E-state index contributed by atoms with van der Waals surface area (Å²) in [5.74, 6) is 0.930. The van der Waals surface area contributed by atoms with Gasteiger partial charge in [0.25, 0.3) is 5.91 Å². The van der Waals surface area contributed by atoms with Gasteiger partial charge in [-0.25, -0.2) is 0 Å². The molecule has 114 valence electrons. The van der Waals surface area contributed by atoms with E-state index >= 15 is 0 Å². The van der Waals surface area contributed by atoms with E-state index in [1.807, 2.05) is 13.0 Å². The van der Waals surface area contributed by atoms with Crippen molar-refractivity contribution in [2.75, 3.05) is 20.3 Å². The van der Waals surface area contributed by atoms with Crippen molar-refractivity contribution in [1.82, 2.24) is 4.90 Å². The summed E-state index contributed by atoms with van der Waals surface area (Å²) in [6.45, 7) is 2.29. The minimum atomic E-state index is -0.113. The molecule has 0 bridgehead atoms. The lowest BCUT2D eigenvalue weighted by Crippen LogP contribution is -2.22. The van der Waals surface area contributed by atoms with Crippen molar-refractivity contribution in [2.24, 2.45) is 0 Å². The maximum atomic E-state index is 12.0. The van der Waals surface area contributed by atoms with Gasteiger partial charge in [0.2, 0.25) is 0 Å². The standard InChI is InChI=1S/C15H14N2O3S2/c1-3-19-12-8-10(4-5-11(12)20-7-6-16)9-13-14(18)17(2)15(21)22-13/h4-5,8-9H,3,7H2,1-2H3/b13-9+. The Hall–Kier alpha value is -2.04. The van der Waals surface area contributed by atoms with Crippen LogP contribution in [0, 0.1) is 11.3 Å². The maximum Gasteiger partial charge on any atom is 0.265 e. The number of hydrogen-bond donors (Lipinski definition) is 0. The molecule has 7 heteroatoms. The molecule has 2 rings (SSSR count). The van der Waals surface area contributed by atoms with Gasteiger partial charge in [-0.3, -0.25) is 9.69 Å². The van der Waals surface area contributed by atoms with Gasteiger partial charge in [0.05, 0.1) is 11.5 Å². The number of nitriles is 1. The summed E-state index contributed by atoms with van der Waals surface area (Å²) < 4.78 is 11.4. The molecule has 1 fully saturated rings. The third-order valence-electron chi connectivity index (χ3n) is 2.84. The zero-order chi connectivity index (χ0) is 16.1. The molecule has 0 aromatic heterocycles. The van der Waals surface area contributed by atoms with Crippen molar-refractivity contribution < 1.29 is 14.3 Å². The number of nitrogens with zero attached hydrogens (tertiary/aromatic N) is 2. The predicted molar refractivity (Wildman–Crippen MR) is 89.7 cm³/mol. The van der Waals surface area contributed by atoms with E-state index in [2.05, 4.69) is 0 Å². The van der Waals surface area contributed by atoms with Gasteiger partial charge in [0.1, 0.15) is 10.4 Å². The molecule has 0 spiro atoms. The smallest absolute Gasteiger partial charge is 0.265 e. The average molecular weight is 334 g/mol. The van der Waals surface area contributed by atoms with Crippen LogP contribution in [0.15, 0.2) is 23.1 Å². The summed E-state index contributed by atoms with van der Waals surface area (Å²) in [4.78, 5) is 14.0. The van der Waals surface area contributed by atoms with Crippen LogP contribution in [-0.2, 0) is 4.79 Å². The van der Waals surface area contributed by atoms with E-state index in [1.54, 1.807) is 31.3 Å². The molecule has 5 nitrogen and oxygen atoms in total. The number of carbonyl (C=O) groups is 1. The Morgan fingerprint density at radius 3 is 2.77 bits per heavy atom. The van der Waals surface area contributed by atoms with Crippen molar-refractivity contribution in [2.45, 2.75) is 6.92 Å². The van der Waals surface area contributed by atoms with Crippen LogP contribution in [0.5, 0.6) is 11.5 Å². The fraction of sp³-hybridized carbons (Fsp3) is 0.267. The summed E-state index contributed by atoms with van der Waals surface area (Å²) in [6.07, 6.45) is 1.76. The summed E-state index contributed by atoms with van der Waals surface area (Å²) in [6, 6.07) is 7.22. The van der Waals surface area contributed by atoms with Crippen LogP contribution < -0.4 is 9.47 Å². The fourth-order valence-electron chi connectivity index (χ4n) is 1.81. The first-order valence-electron chi connectivity index (χ1n) is 6.55. The van der Waals surface area contributed by atoms with Crippen molar-refractivity contribution in [3.8, 4) is 17.6 Å². The third-order valence-corrected chi connectivity index (χ3v) is 4.33. The van der Waals surface area contributed by atoms with Gasteiger partial charge in [-0.2, -0.15) is 5.26 Å². The molecule has 1 amide bonds. The molecule has 1 aliphatic rings. The monoisotopic (exact) mass is 334 g/mol. The summed E-state index contributed by atoms with van der Waals surface area (Å²) in [7, 11) is 1.66. The van der Waals surface area contributed by atoms with Crippen LogP contribution >= 0.6 is 24.0 Å². The van der Waals surface area contributed by atoms with Crippen LogP contribution in [0.25, 0.3) is 6.08 Å². The topological polar surface area (TPSA) is 62.6 Å². The van der Waals surface area contributed by atoms with E-state index in [1.165, 1.54) is 16.7 Å². The number of thiocarbonyl (C=S) groups is 1. The average Bonchev–Trinajstić information content (AvgIpc) is 2.74. The second kappa shape index (κ2) is 7.29. The van der Waals surface area contributed by atoms with Gasteiger partial charge in [0, 0.05) is 7.05 Å². The molecule has 1 aliphatic heterocycles. The van der Waals surface area contributed by atoms with E-state index in [9.17, 15) is 4.79 Å². The molecule has 1 saturated heterocycles. The van der Waals surface area contributed by atoms with Gasteiger partial charge in [-0.15, -0.1) is 0 Å². The zero-order valence-electron chi connectivity index (χ0n) is 12.2. The van der Waals surface area contributed by atoms with Gasteiger partial charge in [-0.05, 0) is 30.7 Å². The Labute approximate surface area is 138 Å². The van der Waals surface area contributed by atoms with Crippen LogP contribution in [0.1, 0.15) is 12.5 Å². The third kappa shape index (κ3) is 3.59. The van der Waals surface area contributed by atoms with E-state index in [4.69, 9.17) is 27.0 Å². The Morgan fingerprint density at radius 1 is 1.41 bits per heavy atom.